The standard InChI is InChI=1S/C28H33N3O5/c1-17-12-13-22-23(30(17)28(34)35-3)14-15-24-25(22)29-26(18(2)36-21-10-5-4-6-11-21)31(24)20-9-7-8-19(16-20)27(32)33/h4-6,10-11,14-15,17-20H,7-9,12-13,16H2,1-3H3,(H,32,33)/t17-,18?,19?,20?/m0/s1. The predicted molar refractivity (Wildman–Crippen MR) is 137 cm³/mol. The van der Waals surface area contributed by atoms with Gasteiger partial charge in [-0.25, -0.2) is 9.78 Å². The van der Waals surface area contributed by atoms with Gasteiger partial charge >= 0.3 is 12.1 Å². The molecule has 1 aliphatic heterocycles. The number of methoxy groups -OCH3 is 1. The maximum absolute atomic E-state index is 12.6. The Morgan fingerprint density at radius 2 is 1.89 bits per heavy atom. The lowest BCUT2D eigenvalue weighted by Gasteiger charge is -2.34. The molecule has 1 fully saturated rings. The molecule has 190 valence electrons. The van der Waals surface area contributed by atoms with Gasteiger partial charge in [-0.3, -0.25) is 9.69 Å². The molecule has 2 aliphatic rings. The van der Waals surface area contributed by atoms with Crippen LogP contribution in [0.4, 0.5) is 10.5 Å². The van der Waals surface area contributed by atoms with Crippen LogP contribution in [0.15, 0.2) is 42.5 Å². The van der Waals surface area contributed by atoms with Crippen LogP contribution in [0.2, 0.25) is 0 Å². The van der Waals surface area contributed by atoms with Crippen LogP contribution in [0, 0.1) is 5.92 Å². The van der Waals surface area contributed by atoms with Crippen LogP contribution in [-0.4, -0.2) is 39.9 Å². The number of hydrogen-bond donors (Lipinski definition) is 1. The van der Waals surface area contributed by atoms with Crippen molar-refractivity contribution in [3.63, 3.8) is 0 Å². The molecule has 36 heavy (non-hydrogen) atoms. The number of carbonyl (C=O) groups excluding carboxylic acids is 1. The highest BCUT2D eigenvalue weighted by Crippen LogP contribution is 2.42. The fourth-order valence-electron chi connectivity index (χ4n) is 5.84. The summed E-state index contributed by atoms with van der Waals surface area (Å²) in [5.74, 6) is 0.428. The molecule has 0 bridgehead atoms. The Bertz CT molecular complexity index is 1270. The Morgan fingerprint density at radius 1 is 1.11 bits per heavy atom. The van der Waals surface area contributed by atoms with Gasteiger partial charge in [0, 0.05) is 17.6 Å². The van der Waals surface area contributed by atoms with E-state index in [1.807, 2.05) is 56.3 Å². The van der Waals surface area contributed by atoms with Gasteiger partial charge in [-0.15, -0.1) is 0 Å². The van der Waals surface area contributed by atoms with Crippen molar-refractivity contribution in [2.75, 3.05) is 12.0 Å². The van der Waals surface area contributed by atoms with E-state index in [-0.39, 0.29) is 30.2 Å². The number of carboxylic acid groups (broad SMARTS) is 1. The molecule has 1 aliphatic carbocycles. The second-order valence-electron chi connectivity index (χ2n) is 9.93. The number of aromatic nitrogens is 2. The fraction of sp³-hybridized carbons (Fsp3) is 0.464. The molecule has 5 rings (SSSR count). The number of ether oxygens (including phenoxy) is 2. The predicted octanol–water partition coefficient (Wildman–Crippen LogP) is 5.90. The smallest absolute Gasteiger partial charge is 0.414 e. The Morgan fingerprint density at radius 3 is 2.61 bits per heavy atom. The van der Waals surface area contributed by atoms with Crippen molar-refractivity contribution < 1.29 is 24.2 Å². The number of carbonyl (C=O) groups is 2. The summed E-state index contributed by atoms with van der Waals surface area (Å²) in [6.07, 6.45) is 3.90. The second-order valence-corrected chi connectivity index (χ2v) is 9.93. The third kappa shape index (κ3) is 4.29. The topological polar surface area (TPSA) is 93.9 Å². The number of nitrogens with zero attached hydrogens (tertiary/aromatic N) is 3. The number of aryl methyl sites for hydroxylation is 1. The maximum atomic E-state index is 12.6. The molecule has 0 saturated heterocycles. The van der Waals surface area contributed by atoms with Crippen molar-refractivity contribution in [2.45, 2.75) is 70.6 Å². The molecule has 8 nitrogen and oxygen atoms in total. The van der Waals surface area contributed by atoms with Crippen molar-refractivity contribution in [1.29, 1.82) is 0 Å². The van der Waals surface area contributed by atoms with Crippen molar-refractivity contribution in [2.24, 2.45) is 5.92 Å². The van der Waals surface area contributed by atoms with E-state index in [1.54, 1.807) is 4.90 Å². The van der Waals surface area contributed by atoms with E-state index in [0.717, 1.165) is 59.5 Å². The summed E-state index contributed by atoms with van der Waals surface area (Å²) >= 11 is 0. The molecule has 8 heteroatoms. The van der Waals surface area contributed by atoms with Gasteiger partial charge in [0.2, 0.25) is 0 Å². The molecule has 0 radical (unpaired) electrons. The van der Waals surface area contributed by atoms with Gasteiger partial charge in [0.1, 0.15) is 5.75 Å². The Hall–Kier alpha value is -3.55. The number of para-hydroxylation sites is 1. The number of fused-ring (bicyclic) bond motifs is 3. The zero-order valence-corrected chi connectivity index (χ0v) is 21.0. The number of hydrogen-bond acceptors (Lipinski definition) is 5. The summed E-state index contributed by atoms with van der Waals surface area (Å²) in [4.78, 5) is 31.3. The zero-order valence-electron chi connectivity index (χ0n) is 21.0. The average Bonchev–Trinajstić information content (AvgIpc) is 3.29. The number of benzene rings is 2. The summed E-state index contributed by atoms with van der Waals surface area (Å²) < 4.78 is 13.6. The first-order valence-electron chi connectivity index (χ1n) is 12.7. The second kappa shape index (κ2) is 9.84. The Kier molecular flexibility index (Phi) is 6.60. The molecule has 3 unspecified atom stereocenters. The van der Waals surface area contributed by atoms with Gasteiger partial charge in [-0.1, -0.05) is 24.6 Å². The quantitative estimate of drug-likeness (QED) is 0.478. The number of anilines is 1. The van der Waals surface area contributed by atoms with Crippen LogP contribution in [0.3, 0.4) is 0 Å². The molecule has 3 aromatic rings. The molecule has 0 spiro atoms. The van der Waals surface area contributed by atoms with Crippen molar-refractivity contribution >= 4 is 28.8 Å². The largest absolute Gasteiger partial charge is 0.483 e. The fourth-order valence-corrected chi connectivity index (χ4v) is 5.84. The maximum Gasteiger partial charge on any atom is 0.414 e. The van der Waals surface area contributed by atoms with E-state index >= 15 is 0 Å². The summed E-state index contributed by atoms with van der Waals surface area (Å²) in [5.41, 5.74) is 3.66. The molecule has 2 heterocycles. The van der Waals surface area contributed by atoms with Crippen LogP contribution >= 0.6 is 0 Å². The van der Waals surface area contributed by atoms with Crippen LogP contribution in [0.1, 0.15) is 69.5 Å². The summed E-state index contributed by atoms with van der Waals surface area (Å²) in [7, 11) is 1.40. The number of aliphatic carboxylic acids is 1. The number of amides is 1. The van der Waals surface area contributed by atoms with Crippen LogP contribution in [0.25, 0.3) is 11.0 Å². The Labute approximate surface area is 210 Å². The van der Waals surface area contributed by atoms with E-state index in [4.69, 9.17) is 14.5 Å². The van der Waals surface area contributed by atoms with E-state index in [1.165, 1.54) is 7.11 Å². The monoisotopic (exact) mass is 491 g/mol. The highest BCUT2D eigenvalue weighted by molar-refractivity contribution is 5.95. The third-order valence-corrected chi connectivity index (χ3v) is 7.63. The lowest BCUT2D eigenvalue weighted by molar-refractivity contribution is -0.143. The Balaban J connectivity index is 1.64. The van der Waals surface area contributed by atoms with E-state index in [0.29, 0.717) is 12.8 Å². The van der Waals surface area contributed by atoms with Crippen LogP contribution in [-0.2, 0) is 16.0 Å². The molecular formula is C28H33N3O5. The minimum absolute atomic E-state index is 0.0129. The summed E-state index contributed by atoms with van der Waals surface area (Å²) in [5, 5.41) is 9.73. The van der Waals surface area contributed by atoms with Gasteiger partial charge in [-0.05, 0) is 70.2 Å². The first kappa shape index (κ1) is 24.2. The summed E-state index contributed by atoms with van der Waals surface area (Å²) in [6, 6.07) is 13.7. The number of carboxylic acids is 1. The van der Waals surface area contributed by atoms with Gasteiger partial charge in [0.25, 0.3) is 0 Å². The number of rotatable bonds is 5. The molecular weight excluding hydrogens is 458 g/mol. The van der Waals surface area contributed by atoms with E-state index in [9.17, 15) is 14.7 Å². The van der Waals surface area contributed by atoms with Crippen molar-refractivity contribution in [1.82, 2.24) is 9.55 Å². The van der Waals surface area contributed by atoms with Gasteiger partial charge < -0.3 is 19.1 Å². The number of imidazole rings is 1. The molecule has 1 aromatic heterocycles. The summed E-state index contributed by atoms with van der Waals surface area (Å²) in [6.45, 7) is 4.01. The molecule has 1 N–H and O–H groups in total. The normalized spacial score (nSPS) is 22.6. The van der Waals surface area contributed by atoms with Crippen molar-refractivity contribution in [3.8, 4) is 5.75 Å². The lowest BCUT2D eigenvalue weighted by atomic mass is 9.85. The first-order valence-corrected chi connectivity index (χ1v) is 12.7. The van der Waals surface area contributed by atoms with Crippen LogP contribution < -0.4 is 9.64 Å². The SMILES string of the molecule is COC(=O)N1c2ccc3c(nc(C(C)Oc4ccccc4)n3C3CCCC(C(=O)O)C3)c2CC[C@@H]1C. The van der Waals surface area contributed by atoms with Gasteiger partial charge in [0.05, 0.1) is 29.7 Å². The third-order valence-electron chi connectivity index (χ3n) is 7.63. The van der Waals surface area contributed by atoms with Gasteiger partial charge in [0.15, 0.2) is 11.9 Å². The van der Waals surface area contributed by atoms with Gasteiger partial charge in [-0.2, -0.15) is 0 Å². The minimum atomic E-state index is -0.737. The average molecular weight is 492 g/mol. The van der Waals surface area contributed by atoms with E-state index in [2.05, 4.69) is 4.57 Å². The molecule has 1 amide bonds. The zero-order chi connectivity index (χ0) is 25.4. The highest BCUT2D eigenvalue weighted by Gasteiger charge is 2.35. The van der Waals surface area contributed by atoms with Crippen molar-refractivity contribution in [3.05, 3.63) is 53.9 Å². The molecule has 4 atom stereocenters. The van der Waals surface area contributed by atoms with Crippen LogP contribution in [0.5, 0.6) is 5.75 Å². The molecule has 2 aromatic carbocycles. The molecule has 1 saturated carbocycles. The minimum Gasteiger partial charge on any atom is -0.483 e. The first-order chi connectivity index (χ1) is 17.4. The van der Waals surface area contributed by atoms with E-state index < -0.39 is 5.97 Å². The lowest BCUT2D eigenvalue weighted by Crippen LogP contribution is -2.42. The highest BCUT2D eigenvalue weighted by atomic mass is 16.5.